The van der Waals surface area contributed by atoms with E-state index < -0.39 is 9.84 Å². The van der Waals surface area contributed by atoms with Gasteiger partial charge in [0.15, 0.2) is 5.78 Å². The number of nitrogen functional groups attached to an aromatic ring is 1. The number of halogens is 1. The van der Waals surface area contributed by atoms with Crippen LogP contribution in [-0.2, 0) is 9.84 Å². The van der Waals surface area contributed by atoms with Gasteiger partial charge >= 0.3 is 0 Å². The van der Waals surface area contributed by atoms with Crippen LogP contribution in [0.4, 0.5) is 5.69 Å². The molecule has 1 rings (SSSR count). The average Bonchev–Trinajstić information content (AvgIpc) is 2.28. The van der Waals surface area contributed by atoms with E-state index in [1.807, 2.05) is 0 Å². The molecule has 0 radical (unpaired) electrons. The number of ketones is 1. The molecule has 0 atom stereocenters. The van der Waals surface area contributed by atoms with Gasteiger partial charge in [0.05, 0.1) is 5.75 Å². The summed E-state index contributed by atoms with van der Waals surface area (Å²) < 4.78 is 23.4. The number of sulfone groups is 1. The first-order valence-corrected chi connectivity index (χ1v) is 8.26. The topological polar surface area (TPSA) is 77.2 Å². The summed E-state index contributed by atoms with van der Waals surface area (Å²) >= 11 is 3.26. The normalized spacial score (nSPS) is 11.4. The van der Waals surface area contributed by atoms with E-state index in [1.54, 1.807) is 25.1 Å². The standard InChI is InChI=1S/C12H16BrNO3S/c1-2-18(16,17)7-3-4-12(15)10-6-5-9(13)8-11(10)14/h5-6,8H,2-4,7,14H2,1H3. The predicted octanol–water partition coefficient (Wildman–Crippen LogP) is 2.43. The van der Waals surface area contributed by atoms with Gasteiger partial charge in [0.1, 0.15) is 9.84 Å². The molecule has 1 aromatic carbocycles. The summed E-state index contributed by atoms with van der Waals surface area (Å²) in [6.45, 7) is 1.60. The minimum Gasteiger partial charge on any atom is -0.398 e. The molecule has 0 saturated heterocycles. The molecular formula is C12H16BrNO3S. The van der Waals surface area contributed by atoms with Crippen molar-refractivity contribution in [1.29, 1.82) is 0 Å². The summed E-state index contributed by atoms with van der Waals surface area (Å²) in [4.78, 5) is 11.9. The monoisotopic (exact) mass is 333 g/mol. The van der Waals surface area contributed by atoms with Crippen molar-refractivity contribution in [1.82, 2.24) is 0 Å². The Hall–Kier alpha value is -0.880. The Morgan fingerprint density at radius 2 is 2.06 bits per heavy atom. The second kappa shape index (κ2) is 6.33. The van der Waals surface area contributed by atoms with Crippen LogP contribution >= 0.6 is 15.9 Å². The molecule has 0 amide bonds. The van der Waals surface area contributed by atoms with Crippen LogP contribution < -0.4 is 5.73 Å². The maximum absolute atomic E-state index is 11.9. The van der Waals surface area contributed by atoms with Crippen LogP contribution in [0.2, 0.25) is 0 Å². The summed E-state index contributed by atoms with van der Waals surface area (Å²) in [5.41, 5.74) is 6.60. The fourth-order valence-corrected chi connectivity index (χ4v) is 2.77. The molecule has 0 saturated carbocycles. The van der Waals surface area contributed by atoms with Gasteiger partial charge in [-0.3, -0.25) is 4.79 Å². The Bertz CT molecular complexity index is 540. The van der Waals surface area contributed by atoms with E-state index in [0.717, 1.165) is 4.47 Å². The minimum atomic E-state index is -3.01. The molecule has 2 N–H and O–H groups in total. The molecular weight excluding hydrogens is 318 g/mol. The van der Waals surface area contributed by atoms with Crippen molar-refractivity contribution >= 4 is 37.2 Å². The maximum atomic E-state index is 11.9. The van der Waals surface area contributed by atoms with E-state index in [1.165, 1.54) is 0 Å². The van der Waals surface area contributed by atoms with Crippen LogP contribution in [-0.4, -0.2) is 25.7 Å². The highest BCUT2D eigenvalue weighted by molar-refractivity contribution is 9.10. The Morgan fingerprint density at radius 3 is 2.61 bits per heavy atom. The molecule has 0 unspecified atom stereocenters. The summed E-state index contributed by atoms with van der Waals surface area (Å²) in [6.07, 6.45) is 0.537. The fraction of sp³-hybridized carbons (Fsp3) is 0.417. The summed E-state index contributed by atoms with van der Waals surface area (Å²) in [5, 5.41) is 0. The summed E-state index contributed by atoms with van der Waals surface area (Å²) in [7, 11) is -3.01. The highest BCUT2D eigenvalue weighted by Crippen LogP contribution is 2.20. The lowest BCUT2D eigenvalue weighted by molar-refractivity contribution is 0.0983. The van der Waals surface area contributed by atoms with Crippen molar-refractivity contribution in [3.63, 3.8) is 0 Å². The van der Waals surface area contributed by atoms with Crippen molar-refractivity contribution in [2.45, 2.75) is 19.8 Å². The second-order valence-corrected chi connectivity index (χ2v) is 7.38. The zero-order valence-corrected chi connectivity index (χ0v) is 12.6. The SMILES string of the molecule is CCS(=O)(=O)CCCC(=O)c1ccc(Br)cc1N. The molecule has 0 aliphatic heterocycles. The van der Waals surface area contributed by atoms with Gasteiger partial charge in [0.2, 0.25) is 0 Å². The highest BCUT2D eigenvalue weighted by atomic mass is 79.9. The van der Waals surface area contributed by atoms with Crippen molar-refractivity contribution in [2.24, 2.45) is 0 Å². The predicted molar refractivity (Wildman–Crippen MR) is 76.4 cm³/mol. The molecule has 1 aromatic rings. The van der Waals surface area contributed by atoms with E-state index in [-0.39, 0.29) is 23.7 Å². The van der Waals surface area contributed by atoms with Crippen molar-refractivity contribution in [3.05, 3.63) is 28.2 Å². The van der Waals surface area contributed by atoms with Crippen molar-refractivity contribution < 1.29 is 13.2 Å². The molecule has 0 spiro atoms. The zero-order valence-electron chi connectivity index (χ0n) is 10.1. The molecule has 0 aliphatic rings. The summed E-state index contributed by atoms with van der Waals surface area (Å²) in [5.74, 6) is 0.0408. The molecule has 100 valence electrons. The third-order valence-electron chi connectivity index (χ3n) is 2.61. The number of hydrogen-bond acceptors (Lipinski definition) is 4. The third kappa shape index (κ3) is 4.42. The van der Waals surface area contributed by atoms with Crippen LogP contribution in [0, 0.1) is 0 Å². The van der Waals surface area contributed by atoms with E-state index in [2.05, 4.69) is 15.9 Å². The van der Waals surface area contributed by atoms with Crippen LogP contribution in [0.3, 0.4) is 0 Å². The number of rotatable bonds is 6. The Balaban J connectivity index is 2.61. The number of hydrogen-bond donors (Lipinski definition) is 1. The number of benzene rings is 1. The van der Waals surface area contributed by atoms with Gasteiger partial charge in [0.25, 0.3) is 0 Å². The van der Waals surface area contributed by atoms with Gasteiger partial charge in [0, 0.05) is 27.9 Å². The van der Waals surface area contributed by atoms with Crippen LogP contribution in [0.25, 0.3) is 0 Å². The number of carbonyl (C=O) groups is 1. The summed E-state index contributed by atoms with van der Waals surface area (Å²) in [6, 6.07) is 5.05. The van der Waals surface area contributed by atoms with Gasteiger partial charge in [-0.1, -0.05) is 22.9 Å². The second-order valence-electron chi connectivity index (χ2n) is 3.99. The molecule has 6 heteroatoms. The van der Waals surface area contributed by atoms with Crippen LogP contribution in [0.5, 0.6) is 0 Å². The quantitative estimate of drug-likeness (QED) is 0.640. The van der Waals surface area contributed by atoms with Gasteiger partial charge in [-0.25, -0.2) is 8.42 Å². The number of Topliss-reactive ketones (excluding diaryl/α,β-unsaturated/α-hetero) is 1. The smallest absolute Gasteiger partial charge is 0.164 e. The first kappa shape index (κ1) is 15.2. The Morgan fingerprint density at radius 1 is 1.39 bits per heavy atom. The highest BCUT2D eigenvalue weighted by Gasteiger charge is 2.12. The number of nitrogens with two attached hydrogens (primary N) is 1. The van der Waals surface area contributed by atoms with Gasteiger partial charge in [-0.05, 0) is 24.6 Å². The van der Waals surface area contributed by atoms with Crippen LogP contribution in [0.1, 0.15) is 30.1 Å². The van der Waals surface area contributed by atoms with Crippen molar-refractivity contribution in [3.8, 4) is 0 Å². The van der Waals surface area contributed by atoms with E-state index in [4.69, 9.17) is 5.73 Å². The van der Waals surface area contributed by atoms with E-state index >= 15 is 0 Å². The molecule has 0 heterocycles. The number of carbonyl (C=O) groups excluding carboxylic acids is 1. The molecule has 0 aliphatic carbocycles. The Kier molecular flexibility index (Phi) is 5.34. The molecule has 0 fully saturated rings. The maximum Gasteiger partial charge on any atom is 0.164 e. The lowest BCUT2D eigenvalue weighted by Gasteiger charge is -2.05. The number of anilines is 1. The fourth-order valence-electron chi connectivity index (χ4n) is 1.52. The lowest BCUT2D eigenvalue weighted by Crippen LogP contribution is -2.11. The molecule has 18 heavy (non-hydrogen) atoms. The molecule has 4 nitrogen and oxygen atoms in total. The molecule has 0 aromatic heterocycles. The first-order chi connectivity index (χ1) is 8.35. The Labute approximate surface area is 116 Å². The molecule has 0 bridgehead atoms. The van der Waals surface area contributed by atoms with Crippen molar-refractivity contribution in [2.75, 3.05) is 17.2 Å². The zero-order chi connectivity index (χ0) is 13.8. The van der Waals surface area contributed by atoms with E-state index in [0.29, 0.717) is 17.7 Å². The average molecular weight is 334 g/mol. The van der Waals surface area contributed by atoms with E-state index in [9.17, 15) is 13.2 Å². The minimum absolute atomic E-state index is 0.0473. The lowest BCUT2D eigenvalue weighted by atomic mass is 10.1. The van der Waals surface area contributed by atoms with Gasteiger partial charge in [-0.2, -0.15) is 0 Å². The van der Waals surface area contributed by atoms with Gasteiger partial charge < -0.3 is 5.73 Å². The van der Waals surface area contributed by atoms with Gasteiger partial charge in [-0.15, -0.1) is 0 Å². The van der Waals surface area contributed by atoms with Crippen LogP contribution in [0.15, 0.2) is 22.7 Å². The first-order valence-electron chi connectivity index (χ1n) is 5.64. The largest absolute Gasteiger partial charge is 0.398 e. The third-order valence-corrected chi connectivity index (χ3v) is 4.90.